The highest BCUT2D eigenvalue weighted by Crippen LogP contribution is 2.48. The van der Waals surface area contributed by atoms with Gasteiger partial charge in [-0.2, -0.15) is 0 Å². The van der Waals surface area contributed by atoms with Gasteiger partial charge in [0.1, 0.15) is 5.76 Å². The molecule has 0 spiro atoms. The zero-order valence-corrected chi connectivity index (χ0v) is 20.7. The first-order chi connectivity index (χ1) is 16.7. The van der Waals surface area contributed by atoms with Crippen LogP contribution < -0.4 is 5.32 Å². The van der Waals surface area contributed by atoms with Gasteiger partial charge in [0.2, 0.25) is 0 Å². The standard InChI is InChI=1S/C29H34N2O4/c1-28(2,3)25-17-30-27(35-25)31-23-12-10-20(11-13-23)19-6-8-21(9-7-19)24-18-34-29(16-26(32)33)14-4-5-22(24)15-29/h6-13,17,22,24H,4-5,14-16,18H2,1-3H3,(H,30,31)(H,32,33). The highest BCUT2D eigenvalue weighted by molar-refractivity contribution is 5.68. The number of hydrogen-bond donors (Lipinski definition) is 2. The van der Waals surface area contributed by atoms with E-state index in [0.717, 1.165) is 48.3 Å². The Kier molecular flexibility index (Phi) is 6.18. The summed E-state index contributed by atoms with van der Waals surface area (Å²) in [5.41, 5.74) is 3.97. The number of carboxylic acids is 1. The van der Waals surface area contributed by atoms with Crippen molar-refractivity contribution in [2.75, 3.05) is 11.9 Å². The molecule has 1 aromatic heterocycles. The second kappa shape index (κ2) is 9.15. The van der Waals surface area contributed by atoms with E-state index in [1.165, 1.54) is 5.56 Å². The molecule has 6 heteroatoms. The molecule has 5 rings (SSSR count). The third kappa shape index (κ3) is 5.13. The van der Waals surface area contributed by atoms with Crippen LogP contribution in [0.25, 0.3) is 11.1 Å². The van der Waals surface area contributed by atoms with Crippen molar-refractivity contribution in [1.82, 2.24) is 4.98 Å². The lowest BCUT2D eigenvalue weighted by atomic mass is 9.67. The lowest BCUT2D eigenvalue weighted by Crippen LogP contribution is -2.47. The van der Waals surface area contributed by atoms with Gasteiger partial charge >= 0.3 is 5.97 Å². The summed E-state index contributed by atoms with van der Waals surface area (Å²) in [5.74, 6) is 0.907. The lowest BCUT2D eigenvalue weighted by Gasteiger charge is -2.48. The van der Waals surface area contributed by atoms with E-state index in [0.29, 0.717) is 24.5 Å². The molecular weight excluding hydrogens is 440 g/mol. The number of carbonyl (C=O) groups is 1. The van der Waals surface area contributed by atoms with E-state index >= 15 is 0 Å². The Morgan fingerprint density at radius 1 is 1.11 bits per heavy atom. The average Bonchev–Trinajstić information content (AvgIpc) is 3.29. The number of carboxylic acid groups (broad SMARTS) is 1. The van der Waals surface area contributed by atoms with Gasteiger partial charge in [-0.25, -0.2) is 4.98 Å². The van der Waals surface area contributed by atoms with Gasteiger partial charge in [-0.1, -0.05) is 63.6 Å². The molecular formula is C29H34N2O4. The second-order valence-corrected chi connectivity index (χ2v) is 11.1. The molecule has 2 heterocycles. The molecule has 0 radical (unpaired) electrons. The van der Waals surface area contributed by atoms with E-state index in [1.807, 2.05) is 12.1 Å². The maximum atomic E-state index is 11.3. The van der Waals surface area contributed by atoms with Gasteiger partial charge in [-0.15, -0.1) is 0 Å². The molecule has 2 bridgehead atoms. The normalized spacial score (nSPS) is 24.2. The molecule has 3 aromatic rings. The van der Waals surface area contributed by atoms with E-state index in [9.17, 15) is 9.90 Å². The van der Waals surface area contributed by atoms with E-state index in [2.05, 4.69) is 67.5 Å². The fourth-order valence-electron chi connectivity index (χ4n) is 5.57. The zero-order chi connectivity index (χ0) is 24.6. The van der Waals surface area contributed by atoms with Crippen molar-refractivity contribution in [2.45, 2.75) is 69.8 Å². The number of anilines is 2. The number of rotatable bonds is 6. The summed E-state index contributed by atoms with van der Waals surface area (Å²) in [6.07, 6.45) is 5.79. The summed E-state index contributed by atoms with van der Waals surface area (Å²) in [6.45, 7) is 6.90. The molecule has 3 atom stereocenters. The van der Waals surface area contributed by atoms with Gasteiger partial charge in [0.15, 0.2) is 0 Å². The molecule has 2 aromatic carbocycles. The highest BCUT2D eigenvalue weighted by atomic mass is 16.5. The summed E-state index contributed by atoms with van der Waals surface area (Å²) in [5, 5.41) is 12.6. The molecule has 1 aliphatic heterocycles. The smallest absolute Gasteiger partial charge is 0.306 e. The van der Waals surface area contributed by atoms with Crippen molar-refractivity contribution >= 4 is 17.7 Å². The molecule has 1 saturated carbocycles. The van der Waals surface area contributed by atoms with E-state index in [-0.39, 0.29) is 11.8 Å². The number of aromatic nitrogens is 1. The van der Waals surface area contributed by atoms with Crippen LogP contribution in [0.1, 0.15) is 70.1 Å². The van der Waals surface area contributed by atoms with Gasteiger partial charge < -0.3 is 19.6 Å². The minimum Gasteiger partial charge on any atom is -0.481 e. The Hall–Kier alpha value is -3.12. The zero-order valence-electron chi connectivity index (χ0n) is 20.7. The number of aliphatic carboxylic acids is 1. The first-order valence-corrected chi connectivity index (χ1v) is 12.5. The van der Waals surface area contributed by atoms with Gasteiger partial charge in [0.05, 0.1) is 24.8 Å². The van der Waals surface area contributed by atoms with E-state index < -0.39 is 11.6 Å². The predicted molar refractivity (Wildman–Crippen MR) is 136 cm³/mol. The van der Waals surface area contributed by atoms with Crippen molar-refractivity contribution in [3.8, 4) is 11.1 Å². The van der Waals surface area contributed by atoms with Crippen molar-refractivity contribution in [3.05, 3.63) is 66.1 Å². The number of nitrogens with zero attached hydrogens (tertiary/aromatic N) is 1. The number of benzene rings is 2. The number of nitrogens with one attached hydrogen (secondary N) is 1. The molecule has 2 fully saturated rings. The lowest BCUT2D eigenvalue weighted by molar-refractivity contribution is -0.162. The van der Waals surface area contributed by atoms with Crippen LogP contribution in [0.5, 0.6) is 0 Å². The molecule has 2 N–H and O–H groups in total. The molecule has 6 nitrogen and oxygen atoms in total. The molecule has 35 heavy (non-hydrogen) atoms. The van der Waals surface area contributed by atoms with Crippen LogP contribution in [0, 0.1) is 5.92 Å². The van der Waals surface area contributed by atoms with Crippen molar-refractivity contribution in [3.63, 3.8) is 0 Å². The molecule has 2 aliphatic rings. The van der Waals surface area contributed by atoms with Crippen LogP contribution in [-0.4, -0.2) is 28.3 Å². The Morgan fingerprint density at radius 3 is 2.43 bits per heavy atom. The molecule has 1 aliphatic carbocycles. The Bertz CT molecular complexity index is 1180. The quantitative estimate of drug-likeness (QED) is 0.404. The fraction of sp³-hybridized carbons (Fsp3) is 0.448. The Balaban J connectivity index is 1.24. The first kappa shape index (κ1) is 23.6. The van der Waals surface area contributed by atoms with Crippen LogP contribution >= 0.6 is 0 Å². The highest BCUT2D eigenvalue weighted by Gasteiger charge is 2.46. The SMILES string of the molecule is CC(C)(C)c1cnc(Nc2ccc(-c3ccc(C4COC5(CC(=O)O)CCCC4C5)cc3)cc2)o1. The summed E-state index contributed by atoms with van der Waals surface area (Å²) in [6, 6.07) is 17.5. The average molecular weight is 475 g/mol. The van der Waals surface area contributed by atoms with E-state index in [4.69, 9.17) is 9.15 Å². The van der Waals surface area contributed by atoms with Crippen molar-refractivity contribution in [2.24, 2.45) is 5.92 Å². The van der Waals surface area contributed by atoms with Gasteiger partial charge in [0, 0.05) is 17.0 Å². The van der Waals surface area contributed by atoms with Crippen LogP contribution in [-0.2, 0) is 14.9 Å². The van der Waals surface area contributed by atoms with Gasteiger partial charge in [-0.05, 0) is 54.0 Å². The monoisotopic (exact) mass is 474 g/mol. The maximum Gasteiger partial charge on any atom is 0.306 e. The third-order valence-corrected chi connectivity index (χ3v) is 7.51. The number of ether oxygens (including phenoxy) is 1. The fourth-order valence-corrected chi connectivity index (χ4v) is 5.57. The minimum absolute atomic E-state index is 0.0781. The summed E-state index contributed by atoms with van der Waals surface area (Å²) >= 11 is 0. The summed E-state index contributed by atoms with van der Waals surface area (Å²) in [7, 11) is 0. The molecule has 3 unspecified atom stereocenters. The maximum absolute atomic E-state index is 11.3. The van der Waals surface area contributed by atoms with Crippen LogP contribution in [0.3, 0.4) is 0 Å². The summed E-state index contributed by atoms with van der Waals surface area (Å²) in [4.78, 5) is 15.7. The summed E-state index contributed by atoms with van der Waals surface area (Å²) < 4.78 is 12.0. The van der Waals surface area contributed by atoms with Crippen molar-refractivity contribution < 1.29 is 19.1 Å². The van der Waals surface area contributed by atoms with Gasteiger partial charge in [-0.3, -0.25) is 4.79 Å². The van der Waals surface area contributed by atoms with Crippen LogP contribution in [0.2, 0.25) is 0 Å². The van der Waals surface area contributed by atoms with E-state index in [1.54, 1.807) is 6.20 Å². The Morgan fingerprint density at radius 2 is 1.80 bits per heavy atom. The number of oxazole rings is 1. The van der Waals surface area contributed by atoms with Gasteiger partial charge in [0.25, 0.3) is 6.01 Å². The molecule has 184 valence electrons. The number of hydrogen-bond acceptors (Lipinski definition) is 5. The first-order valence-electron chi connectivity index (χ1n) is 12.5. The topological polar surface area (TPSA) is 84.6 Å². The predicted octanol–water partition coefficient (Wildman–Crippen LogP) is 6.90. The third-order valence-electron chi connectivity index (χ3n) is 7.51. The molecule has 0 amide bonds. The van der Waals surface area contributed by atoms with Crippen molar-refractivity contribution in [1.29, 1.82) is 0 Å². The molecule has 1 saturated heterocycles. The van der Waals surface area contributed by atoms with Crippen LogP contribution in [0.15, 0.2) is 59.1 Å². The largest absolute Gasteiger partial charge is 0.481 e. The Labute approximate surface area is 206 Å². The second-order valence-electron chi connectivity index (χ2n) is 11.1. The minimum atomic E-state index is -0.759. The van der Waals surface area contributed by atoms with Crippen LogP contribution in [0.4, 0.5) is 11.7 Å². The number of fused-ring (bicyclic) bond motifs is 2.